The minimum Gasteiger partial charge on any atom is -0.310 e. The van der Waals surface area contributed by atoms with E-state index in [-0.39, 0.29) is 0 Å². The highest BCUT2D eigenvalue weighted by atomic mass is 15.3. The van der Waals surface area contributed by atoms with Gasteiger partial charge in [0.25, 0.3) is 0 Å². The molecule has 0 spiro atoms. The van der Waals surface area contributed by atoms with Crippen molar-refractivity contribution < 1.29 is 0 Å². The van der Waals surface area contributed by atoms with Crippen LogP contribution < -0.4 is 5.32 Å². The largest absolute Gasteiger partial charge is 0.310 e. The highest BCUT2D eigenvalue weighted by Crippen LogP contribution is 2.26. The number of hydrogen-bond acceptors (Lipinski definition) is 2. The van der Waals surface area contributed by atoms with Crippen LogP contribution in [0.1, 0.15) is 46.6 Å². The average molecular weight is 285 g/mol. The molecule has 0 aliphatic heterocycles. The molecule has 0 saturated carbocycles. The van der Waals surface area contributed by atoms with E-state index in [0.29, 0.717) is 6.04 Å². The molecule has 2 aromatic rings. The summed E-state index contributed by atoms with van der Waals surface area (Å²) in [7, 11) is 2.03. The van der Waals surface area contributed by atoms with Gasteiger partial charge in [-0.2, -0.15) is 5.10 Å². The number of rotatable bonds is 5. The van der Waals surface area contributed by atoms with Crippen molar-refractivity contribution in [1.82, 2.24) is 15.1 Å². The van der Waals surface area contributed by atoms with Gasteiger partial charge in [-0.25, -0.2) is 0 Å². The average Bonchev–Trinajstić information content (AvgIpc) is 2.66. The number of aryl methyl sites for hydroxylation is 5. The van der Waals surface area contributed by atoms with E-state index in [9.17, 15) is 0 Å². The minimum absolute atomic E-state index is 0.338. The van der Waals surface area contributed by atoms with Crippen LogP contribution in [0.5, 0.6) is 0 Å². The fraction of sp³-hybridized carbons (Fsp3) is 0.500. The Morgan fingerprint density at radius 1 is 1.10 bits per heavy atom. The van der Waals surface area contributed by atoms with E-state index >= 15 is 0 Å². The molecule has 1 atom stereocenters. The van der Waals surface area contributed by atoms with E-state index in [0.717, 1.165) is 18.7 Å². The maximum atomic E-state index is 4.47. The summed E-state index contributed by atoms with van der Waals surface area (Å²) in [6.45, 7) is 11.8. The van der Waals surface area contributed by atoms with Crippen LogP contribution in [0.25, 0.3) is 0 Å². The molecule has 1 unspecified atom stereocenters. The lowest BCUT2D eigenvalue weighted by Gasteiger charge is -2.23. The molecule has 3 heteroatoms. The molecule has 1 heterocycles. The van der Waals surface area contributed by atoms with Crippen LogP contribution in [0, 0.1) is 27.7 Å². The van der Waals surface area contributed by atoms with Gasteiger partial charge in [0.05, 0.1) is 5.69 Å². The molecule has 0 bridgehead atoms. The first-order valence-electron chi connectivity index (χ1n) is 7.73. The first kappa shape index (κ1) is 15.8. The number of likely N-dealkylation sites (N-methyl/N-ethyl adjacent to an activating group) is 1. The molecule has 2 rings (SSSR count). The van der Waals surface area contributed by atoms with Crippen molar-refractivity contribution >= 4 is 0 Å². The zero-order valence-electron chi connectivity index (χ0n) is 14.1. The summed E-state index contributed by atoms with van der Waals surface area (Å²) in [5.41, 5.74) is 7.87. The third-order valence-electron chi connectivity index (χ3n) is 4.05. The monoisotopic (exact) mass is 285 g/mol. The zero-order valence-corrected chi connectivity index (χ0v) is 14.1. The number of nitrogens with zero attached hydrogens (tertiary/aromatic N) is 2. The molecule has 0 saturated heterocycles. The van der Waals surface area contributed by atoms with Gasteiger partial charge in [0.1, 0.15) is 0 Å². The Labute approximate surface area is 128 Å². The second-order valence-corrected chi connectivity index (χ2v) is 6.03. The van der Waals surface area contributed by atoms with E-state index in [2.05, 4.69) is 56.3 Å². The molecule has 0 fully saturated rings. The van der Waals surface area contributed by atoms with E-state index in [1.54, 1.807) is 0 Å². The van der Waals surface area contributed by atoms with Crippen LogP contribution in [0.2, 0.25) is 0 Å². The second-order valence-electron chi connectivity index (χ2n) is 6.03. The van der Waals surface area contributed by atoms with Crippen molar-refractivity contribution in [2.24, 2.45) is 7.05 Å². The maximum Gasteiger partial charge on any atom is 0.0596 e. The first-order valence-corrected chi connectivity index (χ1v) is 7.73. The fourth-order valence-electron chi connectivity index (χ4n) is 3.33. The van der Waals surface area contributed by atoms with E-state index < -0.39 is 0 Å². The topological polar surface area (TPSA) is 29.9 Å². The lowest BCUT2D eigenvalue weighted by atomic mass is 9.91. The molecule has 0 aliphatic carbocycles. The molecular weight excluding hydrogens is 258 g/mol. The number of hydrogen-bond donors (Lipinski definition) is 1. The lowest BCUT2D eigenvalue weighted by molar-refractivity contribution is 0.524. The van der Waals surface area contributed by atoms with Crippen molar-refractivity contribution in [1.29, 1.82) is 0 Å². The van der Waals surface area contributed by atoms with Gasteiger partial charge in [0.15, 0.2) is 0 Å². The summed E-state index contributed by atoms with van der Waals surface area (Å²) < 4.78 is 2.00. The van der Waals surface area contributed by atoms with Crippen molar-refractivity contribution in [2.45, 2.75) is 47.1 Å². The van der Waals surface area contributed by atoms with Crippen molar-refractivity contribution in [3.05, 3.63) is 51.8 Å². The van der Waals surface area contributed by atoms with Gasteiger partial charge in [-0.1, -0.05) is 24.6 Å². The van der Waals surface area contributed by atoms with Crippen molar-refractivity contribution in [2.75, 3.05) is 6.54 Å². The van der Waals surface area contributed by atoms with E-state index in [1.807, 2.05) is 18.7 Å². The van der Waals surface area contributed by atoms with Gasteiger partial charge >= 0.3 is 0 Å². The van der Waals surface area contributed by atoms with E-state index in [4.69, 9.17) is 0 Å². The summed E-state index contributed by atoms with van der Waals surface area (Å²) in [5.74, 6) is 0. The number of benzene rings is 1. The van der Waals surface area contributed by atoms with Gasteiger partial charge in [-0.3, -0.25) is 4.68 Å². The molecule has 114 valence electrons. The van der Waals surface area contributed by atoms with Gasteiger partial charge in [-0.05, 0) is 57.0 Å². The minimum atomic E-state index is 0.338. The Bertz CT molecular complexity index is 602. The van der Waals surface area contributed by atoms with Crippen molar-refractivity contribution in [3.8, 4) is 0 Å². The normalized spacial score (nSPS) is 12.7. The lowest BCUT2D eigenvalue weighted by Crippen LogP contribution is -2.25. The molecular formula is C18H27N3. The summed E-state index contributed by atoms with van der Waals surface area (Å²) in [6.07, 6.45) is 0.968. The van der Waals surface area contributed by atoms with Crippen LogP contribution >= 0.6 is 0 Å². The molecule has 3 nitrogen and oxygen atoms in total. The number of aromatic nitrogens is 2. The molecule has 0 amide bonds. The fourth-order valence-corrected chi connectivity index (χ4v) is 3.33. The summed E-state index contributed by atoms with van der Waals surface area (Å²) in [6, 6.07) is 7.08. The van der Waals surface area contributed by atoms with Crippen LogP contribution in [0.3, 0.4) is 0 Å². The third-order valence-corrected chi connectivity index (χ3v) is 4.05. The van der Waals surface area contributed by atoms with Crippen LogP contribution in [-0.4, -0.2) is 16.3 Å². The second kappa shape index (κ2) is 6.44. The first-order chi connectivity index (χ1) is 9.92. The van der Waals surface area contributed by atoms with Crippen molar-refractivity contribution in [3.63, 3.8) is 0 Å². The van der Waals surface area contributed by atoms with E-state index in [1.165, 1.54) is 27.9 Å². The molecule has 0 aliphatic rings. The summed E-state index contributed by atoms with van der Waals surface area (Å²) in [4.78, 5) is 0. The molecule has 1 N–H and O–H groups in total. The van der Waals surface area contributed by atoms with Gasteiger partial charge < -0.3 is 5.32 Å². The third kappa shape index (κ3) is 3.53. The standard InChI is InChI=1S/C18H27N3/c1-7-19-17(11-16-10-15(5)20-21(16)6)18-13(3)8-12(2)9-14(18)4/h8-10,17,19H,7,11H2,1-6H3. The predicted molar refractivity (Wildman–Crippen MR) is 88.7 cm³/mol. The van der Waals surface area contributed by atoms with Gasteiger partial charge in [0.2, 0.25) is 0 Å². The SMILES string of the molecule is CCNC(Cc1cc(C)nn1C)c1c(C)cc(C)cc1C. The predicted octanol–water partition coefficient (Wildman–Crippen LogP) is 3.55. The zero-order chi connectivity index (χ0) is 15.6. The molecule has 21 heavy (non-hydrogen) atoms. The molecule has 1 aromatic carbocycles. The van der Waals surface area contributed by atoms with Gasteiger partial charge in [0, 0.05) is 25.2 Å². The Balaban J connectivity index is 2.37. The Kier molecular flexibility index (Phi) is 4.84. The summed E-state index contributed by atoms with van der Waals surface area (Å²) in [5, 5.41) is 8.11. The van der Waals surface area contributed by atoms with Gasteiger partial charge in [-0.15, -0.1) is 0 Å². The Morgan fingerprint density at radius 3 is 2.19 bits per heavy atom. The highest BCUT2D eigenvalue weighted by molar-refractivity contribution is 5.40. The molecule has 0 radical (unpaired) electrons. The maximum absolute atomic E-state index is 4.47. The van der Waals surface area contributed by atoms with Crippen LogP contribution in [-0.2, 0) is 13.5 Å². The number of nitrogens with one attached hydrogen (secondary N) is 1. The summed E-state index contributed by atoms with van der Waals surface area (Å²) >= 11 is 0. The quantitative estimate of drug-likeness (QED) is 0.910. The Hall–Kier alpha value is -1.61. The van der Waals surface area contributed by atoms with Crippen LogP contribution in [0.4, 0.5) is 0 Å². The highest BCUT2D eigenvalue weighted by Gasteiger charge is 2.18. The van der Waals surface area contributed by atoms with Crippen LogP contribution in [0.15, 0.2) is 18.2 Å². The smallest absolute Gasteiger partial charge is 0.0596 e. The Morgan fingerprint density at radius 2 is 1.71 bits per heavy atom. The molecule has 1 aromatic heterocycles.